The molecule has 0 saturated heterocycles. The Morgan fingerprint density at radius 2 is 1.79 bits per heavy atom. The number of hydrogen-bond acceptors (Lipinski definition) is 1. The molecule has 0 bridgehead atoms. The zero-order valence-corrected chi connectivity index (χ0v) is 8.79. The third-order valence-corrected chi connectivity index (χ3v) is 2.06. The molecule has 0 aliphatic carbocycles. The van der Waals surface area contributed by atoms with Crippen molar-refractivity contribution < 1.29 is 4.79 Å². The van der Waals surface area contributed by atoms with E-state index in [0.29, 0.717) is 5.92 Å². The Hall–Kier alpha value is -1.51. The summed E-state index contributed by atoms with van der Waals surface area (Å²) in [5, 5.41) is 5.21. The summed E-state index contributed by atoms with van der Waals surface area (Å²) in [6.07, 6.45) is 0. The minimum Gasteiger partial charge on any atom is -0.341 e. The van der Waals surface area contributed by atoms with E-state index in [1.807, 2.05) is 24.3 Å². The van der Waals surface area contributed by atoms with Gasteiger partial charge in [0.05, 0.1) is 0 Å². The standard InChI is InChI=1S/C11H16N2O/c1-8(2)9-4-6-10(7-5-9)13-11(14)12-3/h4-8H,1-3H3,(H2,12,13,14). The Morgan fingerprint density at radius 3 is 2.21 bits per heavy atom. The Kier molecular flexibility index (Phi) is 3.51. The lowest BCUT2D eigenvalue weighted by atomic mass is 10.0. The molecule has 1 aromatic rings. The van der Waals surface area contributed by atoms with E-state index in [1.54, 1.807) is 7.05 Å². The number of hydrogen-bond donors (Lipinski definition) is 2. The van der Waals surface area contributed by atoms with Gasteiger partial charge in [0, 0.05) is 12.7 Å². The summed E-state index contributed by atoms with van der Waals surface area (Å²) < 4.78 is 0. The first-order chi connectivity index (χ1) is 6.63. The van der Waals surface area contributed by atoms with E-state index in [1.165, 1.54) is 5.56 Å². The second-order valence-electron chi connectivity index (χ2n) is 3.48. The molecular formula is C11H16N2O. The molecule has 2 amide bonds. The van der Waals surface area contributed by atoms with Crippen molar-refractivity contribution in [3.05, 3.63) is 29.8 Å². The van der Waals surface area contributed by atoms with Gasteiger partial charge < -0.3 is 10.6 Å². The highest BCUT2D eigenvalue weighted by Crippen LogP contribution is 2.16. The van der Waals surface area contributed by atoms with Crippen LogP contribution in [0, 0.1) is 0 Å². The van der Waals surface area contributed by atoms with Crippen LogP contribution < -0.4 is 10.6 Å². The lowest BCUT2D eigenvalue weighted by molar-refractivity contribution is 0.254. The third-order valence-electron chi connectivity index (χ3n) is 2.06. The normalized spacial score (nSPS) is 10.0. The second kappa shape index (κ2) is 4.65. The van der Waals surface area contributed by atoms with Crippen molar-refractivity contribution in [1.82, 2.24) is 5.32 Å². The van der Waals surface area contributed by atoms with Gasteiger partial charge >= 0.3 is 6.03 Å². The minimum absolute atomic E-state index is 0.192. The van der Waals surface area contributed by atoms with Crippen molar-refractivity contribution in [1.29, 1.82) is 0 Å². The molecule has 0 aromatic heterocycles. The molecule has 0 aliphatic rings. The summed E-state index contributed by atoms with van der Waals surface area (Å²) in [6, 6.07) is 7.67. The summed E-state index contributed by atoms with van der Waals surface area (Å²) in [7, 11) is 1.60. The topological polar surface area (TPSA) is 41.1 Å². The number of anilines is 1. The molecule has 0 saturated carbocycles. The third kappa shape index (κ3) is 2.76. The zero-order valence-electron chi connectivity index (χ0n) is 8.79. The fourth-order valence-electron chi connectivity index (χ4n) is 1.14. The van der Waals surface area contributed by atoms with Crippen LogP contribution >= 0.6 is 0 Å². The molecule has 2 N–H and O–H groups in total. The molecule has 0 fully saturated rings. The van der Waals surface area contributed by atoms with Gasteiger partial charge in [0.15, 0.2) is 0 Å². The van der Waals surface area contributed by atoms with Crippen LogP contribution in [0.2, 0.25) is 0 Å². The van der Waals surface area contributed by atoms with Crippen LogP contribution in [0.4, 0.5) is 10.5 Å². The van der Waals surface area contributed by atoms with Crippen LogP contribution in [0.5, 0.6) is 0 Å². The molecule has 0 heterocycles. The Labute approximate surface area is 84.5 Å². The summed E-state index contributed by atoms with van der Waals surface area (Å²) in [6.45, 7) is 4.28. The molecule has 1 rings (SSSR count). The van der Waals surface area contributed by atoms with Crippen molar-refractivity contribution in [2.75, 3.05) is 12.4 Å². The number of carbonyl (C=O) groups excluding carboxylic acids is 1. The molecule has 0 unspecified atom stereocenters. The largest absolute Gasteiger partial charge is 0.341 e. The van der Waals surface area contributed by atoms with Gasteiger partial charge in [-0.3, -0.25) is 0 Å². The lowest BCUT2D eigenvalue weighted by Gasteiger charge is -2.07. The van der Waals surface area contributed by atoms with Crippen LogP contribution in [-0.2, 0) is 0 Å². The van der Waals surface area contributed by atoms with Gasteiger partial charge in [-0.2, -0.15) is 0 Å². The minimum atomic E-state index is -0.192. The van der Waals surface area contributed by atoms with Crippen molar-refractivity contribution in [3.8, 4) is 0 Å². The number of carbonyl (C=O) groups is 1. The first-order valence-electron chi connectivity index (χ1n) is 4.72. The first-order valence-corrected chi connectivity index (χ1v) is 4.72. The van der Waals surface area contributed by atoms with E-state index >= 15 is 0 Å². The monoisotopic (exact) mass is 192 g/mol. The molecule has 0 radical (unpaired) electrons. The van der Waals surface area contributed by atoms with Gasteiger partial charge in [0.1, 0.15) is 0 Å². The number of benzene rings is 1. The number of amides is 2. The molecule has 76 valence electrons. The molecule has 0 spiro atoms. The van der Waals surface area contributed by atoms with Crippen LogP contribution in [0.3, 0.4) is 0 Å². The highest BCUT2D eigenvalue weighted by molar-refractivity contribution is 5.88. The maximum Gasteiger partial charge on any atom is 0.318 e. The van der Waals surface area contributed by atoms with Crippen LogP contribution in [0.1, 0.15) is 25.3 Å². The van der Waals surface area contributed by atoms with Gasteiger partial charge in [-0.1, -0.05) is 26.0 Å². The van der Waals surface area contributed by atoms with Crippen LogP contribution in [-0.4, -0.2) is 13.1 Å². The van der Waals surface area contributed by atoms with Crippen molar-refractivity contribution in [3.63, 3.8) is 0 Å². The Balaban J connectivity index is 2.69. The quantitative estimate of drug-likeness (QED) is 0.742. The zero-order chi connectivity index (χ0) is 10.6. The van der Waals surface area contributed by atoms with Crippen LogP contribution in [0.25, 0.3) is 0 Å². The molecule has 3 heteroatoms. The molecule has 0 atom stereocenters. The molecular weight excluding hydrogens is 176 g/mol. The summed E-state index contributed by atoms with van der Waals surface area (Å²) in [4.78, 5) is 11.0. The SMILES string of the molecule is CNC(=O)Nc1ccc(C(C)C)cc1. The Bertz CT molecular complexity index is 304. The highest BCUT2D eigenvalue weighted by Gasteiger charge is 2.00. The number of rotatable bonds is 2. The molecule has 14 heavy (non-hydrogen) atoms. The molecule has 1 aromatic carbocycles. The van der Waals surface area contributed by atoms with Gasteiger partial charge in [0.2, 0.25) is 0 Å². The Morgan fingerprint density at radius 1 is 1.21 bits per heavy atom. The molecule has 0 aliphatic heterocycles. The van der Waals surface area contributed by atoms with E-state index in [0.717, 1.165) is 5.69 Å². The average molecular weight is 192 g/mol. The van der Waals surface area contributed by atoms with Crippen molar-refractivity contribution in [2.45, 2.75) is 19.8 Å². The smallest absolute Gasteiger partial charge is 0.318 e. The lowest BCUT2D eigenvalue weighted by Crippen LogP contribution is -2.24. The van der Waals surface area contributed by atoms with Gasteiger partial charge in [-0.15, -0.1) is 0 Å². The summed E-state index contributed by atoms with van der Waals surface area (Å²) in [5.74, 6) is 0.518. The fraction of sp³-hybridized carbons (Fsp3) is 0.364. The van der Waals surface area contributed by atoms with Crippen molar-refractivity contribution >= 4 is 11.7 Å². The van der Waals surface area contributed by atoms with E-state index in [2.05, 4.69) is 24.5 Å². The van der Waals surface area contributed by atoms with Gasteiger partial charge in [-0.05, 0) is 23.6 Å². The second-order valence-corrected chi connectivity index (χ2v) is 3.48. The highest BCUT2D eigenvalue weighted by atomic mass is 16.2. The molecule has 3 nitrogen and oxygen atoms in total. The fourth-order valence-corrected chi connectivity index (χ4v) is 1.14. The predicted molar refractivity (Wildman–Crippen MR) is 58.6 cm³/mol. The first kappa shape index (κ1) is 10.6. The van der Waals surface area contributed by atoms with E-state index in [-0.39, 0.29) is 6.03 Å². The van der Waals surface area contributed by atoms with E-state index in [9.17, 15) is 4.79 Å². The van der Waals surface area contributed by atoms with Crippen molar-refractivity contribution in [2.24, 2.45) is 0 Å². The van der Waals surface area contributed by atoms with E-state index < -0.39 is 0 Å². The maximum absolute atomic E-state index is 11.0. The van der Waals surface area contributed by atoms with Crippen LogP contribution in [0.15, 0.2) is 24.3 Å². The maximum atomic E-state index is 11.0. The van der Waals surface area contributed by atoms with E-state index in [4.69, 9.17) is 0 Å². The van der Waals surface area contributed by atoms with Gasteiger partial charge in [-0.25, -0.2) is 4.79 Å². The van der Waals surface area contributed by atoms with Gasteiger partial charge in [0.25, 0.3) is 0 Å². The number of urea groups is 1. The predicted octanol–water partition coefficient (Wildman–Crippen LogP) is 2.56. The average Bonchev–Trinajstić information content (AvgIpc) is 2.18. The number of nitrogens with one attached hydrogen (secondary N) is 2. The summed E-state index contributed by atoms with van der Waals surface area (Å²) >= 11 is 0. The summed E-state index contributed by atoms with van der Waals surface area (Å²) in [5.41, 5.74) is 2.08.